The summed E-state index contributed by atoms with van der Waals surface area (Å²) in [5.74, 6) is 0.815. The minimum Gasteiger partial charge on any atom is -0.494 e. The molecule has 55 heavy (non-hydrogen) atoms. The van der Waals surface area contributed by atoms with Gasteiger partial charge in [0.2, 0.25) is 5.91 Å². The van der Waals surface area contributed by atoms with Crippen molar-refractivity contribution < 1.29 is 38.5 Å². The van der Waals surface area contributed by atoms with Gasteiger partial charge in [-0.1, -0.05) is 60.7 Å². The Balaban J connectivity index is 1.10. The van der Waals surface area contributed by atoms with E-state index in [1.54, 1.807) is 11.0 Å². The number of anilines is 1. The van der Waals surface area contributed by atoms with Gasteiger partial charge in [0.25, 0.3) is 5.09 Å². The number of carbonyl (C=O) groups is 2. The Hall–Kier alpha value is -5.66. The topological polar surface area (TPSA) is 142 Å². The fourth-order valence-electron chi connectivity index (χ4n) is 6.99. The summed E-state index contributed by atoms with van der Waals surface area (Å²) in [4.78, 5) is 44.1. The van der Waals surface area contributed by atoms with Crippen molar-refractivity contribution in [2.75, 3.05) is 50.8 Å². The summed E-state index contributed by atoms with van der Waals surface area (Å²) in [6.45, 7) is 6.50. The van der Waals surface area contributed by atoms with Crippen molar-refractivity contribution in [1.82, 2.24) is 10.2 Å². The van der Waals surface area contributed by atoms with Crippen LogP contribution in [0.2, 0.25) is 0 Å². The first-order valence-electron chi connectivity index (χ1n) is 18.8. The molecule has 0 bridgehead atoms. The third kappa shape index (κ3) is 11.7. The Morgan fingerprint density at radius 2 is 1.69 bits per heavy atom. The second kappa shape index (κ2) is 19.6. The van der Waals surface area contributed by atoms with Crippen LogP contribution in [-0.4, -0.2) is 74.0 Å². The molecule has 4 aromatic carbocycles. The predicted octanol–water partition coefficient (Wildman–Crippen LogP) is 6.71. The molecule has 0 aromatic heterocycles. The molecule has 1 fully saturated rings. The van der Waals surface area contributed by atoms with Crippen molar-refractivity contribution in [3.05, 3.63) is 129 Å². The Morgan fingerprint density at radius 3 is 2.49 bits per heavy atom. The van der Waals surface area contributed by atoms with Crippen molar-refractivity contribution in [3.63, 3.8) is 0 Å². The van der Waals surface area contributed by atoms with E-state index in [1.165, 1.54) is 30.7 Å². The molecule has 2 atom stereocenters. The first-order chi connectivity index (χ1) is 26.8. The SMILES string of the molecule is CC(=O)NCCN1CCCc2ccc(COC3CN(C(=O)Oc4cccc(O[N+](=O)[O-])c4)CCC3c3ccc(OCCCOCc4ccccc4)cc3)cc21. The standard InChI is InChI=1S/C42H48N4O9/c1-31(47)43-20-23-44-21-6-10-35-14-13-33(26-40(35)44)30-53-41-28-45(42(48)54-37-11-5-12-38(27-37)55-46(49)50)22-19-39(41)34-15-17-36(18-16-34)52-25-7-24-51-29-32-8-3-2-4-9-32/h2-5,8-9,11-18,26-27,39,41H,6-7,10,19-25,28-30H2,1H3,(H,43,47). The van der Waals surface area contributed by atoms with E-state index < -0.39 is 11.2 Å². The van der Waals surface area contributed by atoms with Crippen LogP contribution in [0.4, 0.5) is 10.5 Å². The molecular formula is C42H48N4O9. The van der Waals surface area contributed by atoms with Crippen LogP contribution < -0.4 is 24.5 Å². The Labute approximate surface area is 321 Å². The van der Waals surface area contributed by atoms with Gasteiger partial charge in [-0.3, -0.25) is 9.63 Å². The molecule has 0 radical (unpaired) electrons. The summed E-state index contributed by atoms with van der Waals surface area (Å²) in [7, 11) is 0. The van der Waals surface area contributed by atoms with Gasteiger partial charge in [0, 0.05) is 57.2 Å². The van der Waals surface area contributed by atoms with Crippen molar-refractivity contribution in [3.8, 4) is 17.2 Å². The fraction of sp³-hybridized carbons (Fsp3) is 0.381. The fourth-order valence-corrected chi connectivity index (χ4v) is 6.99. The van der Waals surface area contributed by atoms with Crippen molar-refractivity contribution in [1.29, 1.82) is 0 Å². The molecule has 0 aliphatic carbocycles. The van der Waals surface area contributed by atoms with Gasteiger partial charge in [-0.05, 0) is 71.8 Å². The molecule has 1 saturated heterocycles. The molecule has 2 amide bonds. The smallest absolute Gasteiger partial charge is 0.415 e. The lowest BCUT2D eigenvalue weighted by Gasteiger charge is -2.38. The number of benzene rings is 4. The quantitative estimate of drug-likeness (QED) is 0.0703. The van der Waals surface area contributed by atoms with Crippen LogP contribution in [0, 0.1) is 10.1 Å². The van der Waals surface area contributed by atoms with Crippen LogP contribution in [0.5, 0.6) is 17.2 Å². The van der Waals surface area contributed by atoms with E-state index in [0.717, 1.165) is 60.5 Å². The molecule has 2 aliphatic heterocycles. The highest BCUT2D eigenvalue weighted by molar-refractivity contribution is 5.73. The number of ether oxygens (including phenoxy) is 4. The first-order valence-corrected chi connectivity index (χ1v) is 18.8. The maximum Gasteiger partial charge on any atom is 0.415 e. The van der Waals surface area contributed by atoms with Crippen LogP contribution >= 0.6 is 0 Å². The molecule has 290 valence electrons. The van der Waals surface area contributed by atoms with Crippen LogP contribution in [0.3, 0.4) is 0 Å². The second-order valence-electron chi connectivity index (χ2n) is 13.7. The van der Waals surface area contributed by atoms with E-state index in [9.17, 15) is 19.7 Å². The zero-order chi connectivity index (χ0) is 38.4. The van der Waals surface area contributed by atoms with E-state index in [4.69, 9.17) is 18.9 Å². The third-order valence-corrected chi connectivity index (χ3v) is 9.71. The molecule has 6 rings (SSSR count). The number of hydrogen-bond acceptors (Lipinski definition) is 10. The highest BCUT2D eigenvalue weighted by Gasteiger charge is 2.34. The number of aryl methyl sites for hydroxylation is 1. The molecule has 1 N–H and O–H groups in total. The van der Waals surface area contributed by atoms with E-state index in [-0.39, 0.29) is 36.0 Å². The second-order valence-corrected chi connectivity index (χ2v) is 13.7. The van der Waals surface area contributed by atoms with Crippen LogP contribution in [0.25, 0.3) is 0 Å². The zero-order valence-electron chi connectivity index (χ0n) is 31.1. The average molecular weight is 753 g/mol. The lowest BCUT2D eigenvalue weighted by Crippen LogP contribution is -2.47. The number of likely N-dealkylation sites (tertiary alicyclic amines) is 1. The van der Waals surface area contributed by atoms with Crippen LogP contribution in [0.1, 0.15) is 54.4 Å². The molecule has 13 heteroatoms. The number of fused-ring (bicyclic) bond motifs is 1. The van der Waals surface area contributed by atoms with E-state index in [2.05, 4.69) is 45.4 Å². The number of hydrogen-bond donors (Lipinski definition) is 1. The van der Waals surface area contributed by atoms with Gasteiger partial charge in [0.15, 0.2) is 0 Å². The Morgan fingerprint density at radius 1 is 0.873 bits per heavy atom. The monoisotopic (exact) mass is 752 g/mol. The largest absolute Gasteiger partial charge is 0.494 e. The van der Waals surface area contributed by atoms with Crippen molar-refractivity contribution >= 4 is 17.7 Å². The summed E-state index contributed by atoms with van der Waals surface area (Å²) in [5.41, 5.74) is 5.67. The molecule has 0 saturated carbocycles. The summed E-state index contributed by atoms with van der Waals surface area (Å²) < 4.78 is 24.1. The predicted molar refractivity (Wildman–Crippen MR) is 206 cm³/mol. The summed E-state index contributed by atoms with van der Waals surface area (Å²) in [6.07, 6.45) is 2.51. The maximum atomic E-state index is 13.4. The zero-order valence-corrected chi connectivity index (χ0v) is 31.1. The summed E-state index contributed by atoms with van der Waals surface area (Å²) in [5, 5.41) is 12.8. The molecule has 2 aliphatic rings. The molecule has 2 unspecified atom stereocenters. The van der Waals surface area contributed by atoms with Crippen molar-refractivity contribution in [2.45, 2.75) is 57.8 Å². The van der Waals surface area contributed by atoms with Gasteiger partial charge in [-0.2, -0.15) is 0 Å². The highest BCUT2D eigenvalue weighted by atomic mass is 17.0. The number of amides is 2. The van der Waals surface area contributed by atoms with Crippen LogP contribution in [-0.2, 0) is 33.9 Å². The van der Waals surface area contributed by atoms with Crippen LogP contribution in [0.15, 0.2) is 97.1 Å². The van der Waals surface area contributed by atoms with E-state index in [1.807, 2.05) is 42.5 Å². The molecular weight excluding hydrogens is 704 g/mol. The molecule has 2 heterocycles. The minimum absolute atomic E-state index is 0.00640. The van der Waals surface area contributed by atoms with E-state index in [0.29, 0.717) is 45.9 Å². The lowest BCUT2D eigenvalue weighted by atomic mass is 9.87. The summed E-state index contributed by atoms with van der Waals surface area (Å²) >= 11 is 0. The van der Waals surface area contributed by atoms with Gasteiger partial charge in [0.05, 0.1) is 39.1 Å². The Kier molecular flexibility index (Phi) is 13.9. The normalized spacial score (nSPS) is 16.5. The highest BCUT2D eigenvalue weighted by Crippen LogP contribution is 2.34. The molecule has 13 nitrogen and oxygen atoms in total. The van der Waals surface area contributed by atoms with Gasteiger partial charge < -0.3 is 34.1 Å². The van der Waals surface area contributed by atoms with E-state index >= 15 is 0 Å². The number of piperidine rings is 1. The van der Waals surface area contributed by atoms with Gasteiger partial charge in [0.1, 0.15) is 17.2 Å². The Bertz CT molecular complexity index is 1870. The minimum atomic E-state index is -0.915. The maximum absolute atomic E-state index is 13.4. The average Bonchev–Trinajstić information content (AvgIpc) is 3.19. The van der Waals surface area contributed by atoms with Crippen molar-refractivity contribution in [2.24, 2.45) is 0 Å². The van der Waals surface area contributed by atoms with Gasteiger partial charge in [-0.15, -0.1) is 10.1 Å². The third-order valence-electron chi connectivity index (χ3n) is 9.71. The summed E-state index contributed by atoms with van der Waals surface area (Å²) in [6, 6.07) is 30.3. The van der Waals surface area contributed by atoms with Gasteiger partial charge >= 0.3 is 6.09 Å². The number of carbonyl (C=O) groups excluding carboxylic acids is 2. The van der Waals surface area contributed by atoms with Gasteiger partial charge in [-0.25, -0.2) is 4.79 Å². The number of nitrogens with one attached hydrogen (secondary N) is 1. The molecule has 4 aromatic rings. The number of nitrogens with zero attached hydrogens (tertiary/aromatic N) is 3. The number of rotatable bonds is 17. The lowest BCUT2D eigenvalue weighted by molar-refractivity contribution is -0.711. The first kappa shape index (κ1) is 39.0. The molecule has 0 spiro atoms.